The van der Waals surface area contributed by atoms with Gasteiger partial charge in [-0.1, -0.05) is 29.8 Å². The van der Waals surface area contributed by atoms with Gasteiger partial charge in [0.15, 0.2) is 0 Å². The molecule has 0 radical (unpaired) electrons. The molecule has 2 aromatic carbocycles. The highest BCUT2D eigenvalue weighted by Crippen LogP contribution is 2.27. The first-order valence-corrected chi connectivity index (χ1v) is 6.19. The van der Waals surface area contributed by atoms with Crippen LogP contribution in [0.2, 0.25) is 5.02 Å². The van der Waals surface area contributed by atoms with Crippen LogP contribution in [-0.2, 0) is 12.0 Å². The highest BCUT2D eigenvalue weighted by Gasteiger charge is 2.24. The van der Waals surface area contributed by atoms with Crippen molar-refractivity contribution in [3.05, 3.63) is 70.2 Å². The fourth-order valence-corrected chi connectivity index (χ4v) is 2.18. The third-order valence-electron chi connectivity index (χ3n) is 2.98. The number of hydrogen-bond donors (Lipinski definition) is 1. The molecule has 2 aromatic rings. The van der Waals surface area contributed by atoms with Gasteiger partial charge in [0.25, 0.3) is 0 Å². The first-order valence-electron chi connectivity index (χ1n) is 5.81. The van der Waals surface area contributed by atoms with Gasteiger partial charge in [-0.2, -0.15) is 0 Å². The van der Waals surface area contributed by atoms with Gasteiger partial charge in [-0.3, -0.25) is 0 Å². The molecule has 4 heteroatoms. The lowest BCUT2D eigenvalue weighted by molar-refractivity contribution is 0.0573. The molecule has 0 heterocycles. The number of aliphatic hydroxyl groups is 1. The molecule has 0 fully saturated rings. The highest BCUT2D eigenvalue weighted by molar-refractivity contribution is 6.30. The molecule has 1 atom stereocenters. The maximum absolute atomic E-state index is 13.2. The van der Waals surface area contributed by atoms with Crippen LogP contribution in [0.4, 0.5) is 8.78 Å². The number of rotatable bonds is 3. The predicted molar refractivity (Wildman–Crippen MR) is 71.1 cm³/mol. The van der Waals surface area contributed by atoms with Crippen LogP contribution >= 0.6 is 11.6 Å². The molecule has 1 unspecified atom stereocenters. The Hall–Kier alpha value is -1.45. The summed E-state index contributed by atoms with van der Waals surface area (Å²) in [6, 6.07) is 10.0. The molecule has 19 heavy (non-hydrogen) atoms. The van der Waals surface area contributed by atoms with Crippen molar-refractivity contribution in [2.24, 2.45) is 0 Å². The molecule has 0 aromatic heterocycles. The maximum Gasteiger partial charge on any atom is 0.141 e. The van der Waals surface area contributed by atoms with Crippen molar-refractivity contribution in [2.45, 2.75) is 18.9 Å². The molecule has 100 valence electrons. The van der Waals surface area contributed by atoms with Gasteiger partial charge in [-0.15, -0.1) is 0 Å². The third kappa shape index (κ3) is 3.31. The van der Waals surface area contributed by atoms with E-state index in [1.54, 1.807) is 19.1 Å². The zero-order valence-corrected chi connectivity index (χ0v) is 11.1. The topological polar surface area (TPSA) is 20.2 Å². The second kappa shape index (κ2) is 5.27. The van der Waals surface area contributed by atoms with Crippen LogP contribution in [0.15, 0.2) is 42.5 Å². The van der Waals surface area contributed by atoms with Crippen LogP contribution in [-0.4, -0.2) is 5.11 Å². The van der Waals surface area contributed by atoms with E-state index in [1.165, 1.54) is 30.3 Å². The molecule has 1 nitrogen and oxygen atoms in total. The van der Waals surface area contributed by atoms with Crippen LogP contribution < -0.4 is 0 Å². The fraction of sp³-hybridized carbons (Fsp3) is 0.200. The second-order valence-corrected chi connectivity index (χ2v) is 5.12. The monoisotopic (exact) mass is 282 g/mol. The molecule has 0 saturated heterocycles. The van der Waals surface area contributed by atoms with Crippen molar-refractivity contribution in [3.8, 4) is 0 Å². The molecule has 0 spiro atoms. The van der Waals surface area contributed by atoms with Gasteiger partial charge < -0.3 is 5.11 Å². The van der Waals surface area contributed by atoms with Crippen LogP contribution in [0.25, 0.3) is 0 Å². The minimum Gasteiger partial charge on any atom is -0.385 e. The summed E-state index contributed by atoms with van der Waals surface area (Å²) in [5.41, 5.74) is -0.0999. The Morgan fingerprint density at radius 3 is 2.53 bits per heavy atom. The largest absolute Gasteiger partial charge is 0.385 e. The van der Waals surface area contributed by atoms with Crippen LogP contribution in [0.3, 0.4) is 0 Å². The Bertz CT molecular complexity index is 596. The maximum atomic E-state index is 13.2. The van der Waals surface area contributed by atoms with Crippen LogP contribution in [0, 0.1) is 11.6 Å². The number of halogens is 3. The molecule has 0 saturated carbocycles. The van der Waals surface area contributed by atoms with Crippen LogP contribution in [0.1, 0.15) is 18.1 Å². The van der Waals surface area contributed by atoms with E-state index in [4.69, 9.17) is 11.6 Å². The van der Waals surface area contributed by atoms with E-state index < -0.39 is 17.2 Å². The summed E-state index contributed by atoms with van der Waals surface area (Å²) in [5, 5.41) is 10.4. The molecule has 0 aliphatic rings. The summed E-state index contributed by atoms with van der Waals surface area (Å²) in [6.07, 6.45) is 0.219. The fourth-order valence-electron chi connectivity index (χ4n) is 1.97. The first kappa shape index (κ1) is 14.0. The van der Waals surface area contributed by atoms with E-state index in [1.807, 2.05) is 0 Å². The van der Waals surface area contributed by atoms with E-state index in [9.17, 15) is 13.9 Å². The van der Waals surface area contributed by atoms with E-state index in [0.717, 1.165) is 0 Å². The average Bonchev–Trinajstić information content (AvgIpc) is 2.33. The molecular weight excluding hydrogens is 270 g/mol. The SMILES string of the molecule is CC(O)(Cc1ccc(F)c(Cl)c1)c1cccc(F)c1. The van der Waals surface area contributed by atoms with E-state index in [0.29, 0.717) is 11.1 Å². The normalized spacial score (nSPS) is 14.2. The third-order valence-corrected chi connectivity index (χ3v) is 3.27. The lowest BCUT2D eigenvalue weighted by Crippen LogP contribution is -2.24. The summed E-state index contributed by atoms with van der Waals surface area (Å²) < 4.78 is 26.2. The summed E-state index contributed by atoms with van der Waals surface area (Å²) in [5.74, 6) is -0.911. The Morgan fingerprint density at radius 2 is 1.89 bits per heavy atom. The molecule has 0 aliphatic carbocycles. The molecule has 2 rings (SSSR count). The van der Waals surface area contributed by atoms with Gasteiger partial charge in [0.1, 0.15) is 11.6 Å². The zero-order chi connectivity index (χ0) is 14.0. The van der Waals surface area contributed by atoms with Gasteiger partial charge >= 0.3 is 0 Å². The van der Waals surface area contributed by atoms with E-state index in [2.05, 4.69) is 0 Å². The van der Waals surface area contributed by atoms with Crippen molar-refractivity contribution in [1.29, 1.82) is 0 Å². The summed E-state index contributed by atoms with van der Waals surface area (Å²) in [4.78, 5) is 0. The summed E-state index contributed by atoms with van der Waals surface area (Å²) >= 11 is 5.70. The predicted octanol–water partition coefficient (Wildman–Crippen LogP) is 4.07. The molecule has 0 aliphatic heterocycles. The summed E-state index contributed by atoms with van der Waals surface area (Å²) in [6.45, 7) is 1.58. The summed E-state index contributed by atoms with van der Waals surface area (Å²) in [7, 11) is 0. The van der Waals surface area contributed by atoms with E-state index in [-0.39, 0.29) is 11.4 Å². The van der Waals surface area contributed by atoms with Gasteiger partial charge in [0.2, 0.25) is 0 Å². The van der Waals surface area contributed by atoms with Crippen molar-refractivity contribution in [2.75, 3.05) is 0 Å². The second-order valence-electron chi connectivity index (χ2n) is 4.71. The molecule has 0 amide bonds. The minimum absolute atomic E-state index is 0.00698. The van der Waals surface area contributed by atoms with Crippen molar-refractivity contribution < 1.29 is 13.9 Å². The highest BCUT2D eigenvalue weighted by atomic mass is 35.5. The van der Waals surface area contributed by atoms with Crippen molar-refractivity contribution in [1.82, 2.24) is 0 Å². The van der Waals surface area contributed by atoms with Gasteiger partial charge in [-0.25, -0.2) is 8.78 Å². The van der Waals surface area contributed by atoms with Gasteiger partial charge in [0, 0.05) is 6.42 Å². The van der Waals surface area contributed by atoms with Gasteiger partial charge in [-0.05, 0) is 42.3 Å². The van der Waals surface area contributed by atoms with Crippen molar-refractivity contribution >= 4 is 11.6 Å². The first-order chi connectivity index (χ1) is 8.88. The standard InChI is InChI=1S/C15H13ClF2O/c1-15(19,11-3-2-4-12(17)8-11)9-10-5-6-14(18)13(16)7-10/h2-8,19H,9H2,1H3. The van der Waals surface area contributed by atoms with Gasteiger partial charge in [0.05, 0.1) is 10.6 Å². The number of hydrogen-bond acceptors (Lipinski definition) is 1. The molecular formula is C15H13ClF2O. The average molecular weight is 283 g/mol. The lowest BCUT2D eigenvalue weighted by Gasteiger charge is -2.24. The Morgan fingerprint density at radius 1 is 1.16 bits per heavy atom. The Balaban J connectivity index is 2.27. The quantitative estimate of drug-likeness (QED) is 0.900. The molecule has 0 bridgehead atoms. The van der Waals surface area contributed by atoms with E-state index >= 15 is 0 Å². The Kier molecular flexibility index (Phi) is 3.88. The minimum atomic E-state index is -1.25. The zero-order valence-electron chi connectivity index (χ0n) is 10.3. The van der Waals surface area contributed by atoms with Crippen LogP contribution in [0.5, 0.6) is 0 Å². The lowest BCUT2D eigenvalue weighted by atomic mass is 9.89. The van der Waals surface area contributed by atoms with Crippen molar-refractivity contribution in [3.63, 3.8) is 0 Å². The smallest absolute Gasteiger partial charge is 0.141 e. The Labute approximate surface area is 115 Å². The number of benzene rings is 2. The molecule has 1 N–H and O–H groups in total.